The number of nitrogens with two attached hydrogens (primary N) is 1. The molecular weight excluding hydrogens is 296 g/mol. The van der Waals surface area contributed by atoms with Crippen molar-refractivity contribution in [2.24, 2.45) is 0 Å². The molecule has 0 saturated carbocycles. The fourth-order valence-corrected chi connectivity index (χ4v) is 2.11. The minimum Gasteiger partial charge on any atom is -0.398 e. The van der Waals surface area contributed by atoms with Gasteiger partial charge in [-0.25, -0.2) is 0 Å². The summed E-state index contributed by atoms with van der Waals surface area (Å²) in [5.74, 6) is -0.217. The first-order chi connectivity index (χ1) is 8.49. The molecule has 0 saturated heterocycles. The highest BCUT2D eigenvalue weighted by atomic mass is 79.9. The lowest BCUT2D eigenvalue weighted by molar-refractivity contribution is 0.102. The van der Waals surface area contributed by atoms with Crippen LogP contribution in [0, 0.1) is 13.8 Å². The molecule has 1 aromatic carbocycles. The molecule has 4 N–H and O–H groups in total. The maximum Gasteiger partial charge on any atom is 0.259 e. The number of nitrogen functional groups attached to an aromatic ring is 1. The SMILES string of the molecule is Cc1cc(Br)c(NC(=O)c2cn[nH]c2C)cc1N. The molecule has 0 aliphatic rings. The highest BCUT2D eigenvalue weighted by molar-refractivity contribution is 9.10. The summed E-state index contributed by atoms with van der Waals surface area (Å²) in [6.45, 7) is 3.70. The Labute approximate surface area is 113 Å². The molecule has 0 radical (unpaired) electrons. The van der Waals surface area contributed by atoms with Crippen molar-refractivity contribution < 1.29 is 4.79 Å². The molecule has 0 atom stereocenters. The van der Waals surface area contributed by atoms with E-state index in [4.69, 9.17) is 5.73 Å². The van der Waals surface area contributed by atoms with Crippen LogP contribution in [-0.2, 0) is 0 Å². The highest BCUT2D eigenvalue weighted by Crippen LogP contribution is 2.28. The number of carbonyl (C=O) groups is 1. The number of aryl methyl sites for hydroxylation is 2. The lowest BCUT2D eigenvalue weighted by Gasteiger charge is -2.09. The van der Waals surface area contributed by atoms with E-state index in [0.29, 0.717) is 16.9 Å². The van der Waals surface area contributed by atoms with Gasteiger partial charge >= 0.3 is 0 Å². The molecule has 0 unspecified atom stereocenters. The van der Waals surface area contributed by atoms with E-state index in [0.717, 1.165) is 15.7 Å². The number of anilines is 2. The van der Waals surface area contributed by atoms with Crippen molar-refractivity contribution in [2.45, 2.75) is 13.8 Å². The van der Waals surface area contributed by atoms with Crippen molar-refractivity contribution in [1.29, 1.82) is 0 Å². The van der Waals surface area contributed by atoms with Gasteiger partial charge in [0.1, 0.15) is 0 Å². The van der Waals surface area contributed by atoms with Gasteiger partial charge in [0.15, 0.2) is 0 Å². The molecule has 94 valence electrons. The van der Waals surface area contributed by atoms with E-state index >= 15 is 0 Å². The molecule has 1 aromatic heterocycles. The van der Waals surface area contributed by atoms with Crippen LogP contribution in [0.1, 0.15) is 21.6 Å². The fraction of sp³-hybridized carbons (Fsp3) is 0.167. The number of aromatic nitrogens is 2. The second-order valence-electron chi connectivity index (χ2n) is 4.05. The number of hydrogen-bond acceptors (Lipinski definition) is 3. The number of hydrogen-bond donors (Lipinski definition) is 3. The third kappa shape index (κ3) is 2.38. The maximum atomic E-state index is 12.0. The fourth-order valence-electron chi connectivity index (χ4n) is 1.55. The number of amides is 1. The Hall–Kier alpha value is -1.82. The summed E-state index contributed by atoms with van der Waals surface area (Å²) in [5.41, 5.74) is 9.30. The first kappa shape index (κ1) is 12.6. The van der Waals surface area contributed by atoms with Crippen molar-refractivity contribution in [3.05, 3.63) is 39.6 Å². The number of carbonyl (C=O) groups excluding carboxylic acids is 1. The molecule has 0 aliphatic heterocycles. The van der Waals surface area contributed by atoms with Gasteiger partial charge in [-0.2, -0.15) is 5.10 Å². The van der Waals surface area contributed by atoms with E-state index in [2.05, 4.69) is 31.4 Å². The molecule has 1 amide bonds. The third-order valence-corrected chi connectivity index (χ3v) is 3.33. The van der Waals surface area contributed by atoms with Crippen LogP contribution in [0.2, 0.25) is 0 Å². The van der Waals surface area contributed by atoms with E-state index in [1.807, 2.05) is 13.0 Å². The normalized spacial score (nSPS) is 10.4. The molecule has 1 heterocycles. The van der Waals surface area contributed by atoms with Crippen LogP contribution in [-0.4, -0.2) is 16.1 Å². The number of rotatable bonds is 2. The van der Waals surface area contributed by atoms with Crippen LogP contribution in [0.3, 0.4) is 0 Å². The van der Waals surface area contributed by atoms with Crippen molar-refractivity contribution >= 4 is 33.2 Å². The molecule has 0 bridgehead atoms. The van der Waals surface area contributed by atoms with Crippen LogP contribution in [0.4, 0.5) is 11.4 Å². The van der Waals surface area contributed by atoms with Gasteiger partial charge in [-0.05, 0) is 47.5 Å². The van der Waals surface area contributed by atoms with Gasteiger partial charge in [0.25, 0.3) is 5.91 Å². The molecule has 5 nitrogen and oxygen atoms in total. The number of benzene rings is 1. The Bertz CT molecular complexity index is 606. The number of aromatic amines is 1. The maximum absolute atomic E-state index is 12.0. The van der Waals surface area contributed by atoms with Gasteiger partial charge in [-0.15, -0.1) is 0 Å². The van der Waals surface area contributed by atoms with Crippen molar-refractivity contribution in [2.75, 3.05) is 11.1 Å². The summed E-state index contributed by atoms with van der Waals surface area (Å²) in [6, 6.07) is 3.60. The topological polar surface area (TPSA) is 83.8 Å². The zero-order valence-corrected chi connectivity index (χ0v) is 11.6. The Balaban J connectivity index is 2.28. The van der Waals surface area contributed by atoms with E-state index in [-0.39, 0.29) is 5.91 Å². The summed E-state index contributed by atoms with van der Waals surface area (Å²) in [5, 5.41) is 9.34. The Morgan fingerprint density at radius 2 is 2.17 bits per heavy atom. The number of halogens is 1. The second kappa shape index (κ2) is 4.81. The van der Waals surface area contributed by atoms with Gasteiger partial charge in [0.05, 0.1) is 17.4 Å². The molecule has 2 aromatic rings. The van der Waals surface area contributed by atoms with E-state index in [1.54, 1.807) is 13.0 Å². The smallest absolute Gasteiger partial charge is 0.259 e. The largest absolute Gasteiger partial charge is 0.398 e. The van der Waals surface area contributed by atoms with Gasteiger partial charge in [-0.1, -0.05) is 0 Å². The second-order valence-corrected chi connectivity index (χ2v) is 4.91. The van der Waals surface area contributed by atoms with Crippen LogP contribution >= 0.6 is 15.9 Å². The summed E-state index contributed by atoms with van der Waals surface area (Å²) in [7, 11) is 0. The first-order valence-electron chi connectivity index (χ1n) is 5.36. The lowest BCUT2D eigenvalue weighted by atomic mass is 10.1. The first-order valence-corrected chi connectivity index (χ1v) is 6.15. The Morgan fingerprint density at radius 3 is 2.78 bits per heavy atom. The molecule has 6 heteroatoms. The van der Waals surface area contributed by atoms with Gasteiger partial charge in [0.2, 0.25) is 0 Å². The average molecular weight is 309 g/mol. The minimum absolute atomic E-state index is 0.217. The molecule has 0 fully saturated rings. The summed E-state index contributed by atoms with van der Waals surface area (Å²) in [4.78, 5) is 12.0. The number of H-pyrrole nitrogens is 1. The van der Waals surface area contributed by atoms with Gasteiger partial charge in [-0.3, -0.25) is 9.89 Å². The van der Waals surface area contributed by atoms with E-state index in [1.165, 1.54) is 6.20 Å². The Kier molecular flexibility index (Phi) is 3.38. The van der Waals surface area contributed by atoms with Crippen LogP contribution < -0.4 is 11.1 Å². The summed E-state index contributed by atoms with van der Waals surface area (Å²) in [6.07, 6.45) is 1.50. The predicted molar refractivity (Wildman–Crippen MR) is 74.6 cm³/mol. The molecule has 18 heavy (non-hydrogen) atoms. The van der Waals surface area contributed by atoms with E-state index in [9.17, 15) is 4.79 Å². The van der Waals surface area contributed by atoms with Crippen molar-refractivity contribution in [1.82, 2.24) is 10.2 Å². The van der Waals surface area contributed by atoms with Gasteiger partial charge < -0.3 is 11.1 Å². The Morgan fingerprint density at radius 1 is 1.44 bits per heavy atom. The zero-order valence-electron chi connectivity index (χ0n) is 10.0. The minimum atomic E-state index is -0.217. The van der Waals surface area contributed by atoms with Gasteiger partial charge in [0, 0.05) is 15.9 Å². The van der Waals surface area contributed by atoms with Crippen LogP contribution in [0.5, 0.6) is 0 Å². The summed E-state index contributed by atoms with van der Waals surface area (Å²) < 4.78 is 0.795. The van der Waals surface area contributed by atoms with E-state index < -0.39 is 0 Å². The number of nitrogens with one attached hydrogen (secondary N) is 2. The predicted octanol–water partition coefficient (Wildman–Crippen LogP) is 2.62. The molecule has 0 aliphatic carbocycles. The zero-order chi connectivity index (χ0) is 13.3. The molecule has 2 rings (SSSR count). The van der Waals surface area contributed by atoms with Crippen LogP contribution in [0.25, 0.3) is 0 Å². The van der Waals surface area contributed by atoms with Crippen molar-refractivity contribution in [3.63, 3.8) is 0 Å². The van der Waals surface area contributed by atoms with Crippen molar-refractivity contribution in [3.8, 4) is 0 Å². The highest BCUT2D eigenvalue weighted by Gasteiger charge is 2.13. The summed E-state index contributed by atoms with van der Waals surface area (Å²) >= 11 is 3.40. The number of nitrogens with zero attached hydrogens (tertiary/aromatic N) is 1. The lowest BCUT2D eigenvalue weighted by Crippen LogP contribution is -2.13. The van der Waals surface area contributed by atoms with Crippen LogP contribution in [0.15, 0.2) is 22.8 Å². The third-order valence-electron chi connectivity index (χ3n) is 2.68. The molecule has 0 spiro atoms. The molecular formula is C12H13BrN4O. The quantitative estimate of drug-likeness (QED) is 0.746. The average Bonchev–Trinajstić information content (AvgIpc) is 2.72. The monoisotopic (exact) mass is 308 g/mol. The standard InChI is InChI=1S/C12H13BrN4O/c1-6-3-9(13)11(4-10(6)14)16-12(18)8-5-15-17-7(8)2/h3-5H,14H2,1-2H3,(H,15,17)(H,16,18).